The zero-order valence-corrected chi connectivity index (χ0v) is 12.5. The summed E-state index contributed by atoms with van der Waals surface area (Å²) in [7, 11) is 0. The largest absolute Gasteiger partial charge is 0.480 e. The monoisotopic (exact) mass is 306 g/mol. The molecule has 0 rings (SSSR count). The zero-order chi connectivity index (χ0) is 17.4. The number of rotatable bonds is 7. The molecule has 0 radical (unpaired) electrons. The van der Waals surface area contributed by atoms with Crippen molar-refractivity contribution in [2.45, 2.75) is 47.0 Å². The van der Waals surface area contributed by atoms with E-state index in [2.05, 4.69) is 0 Å². The molecule has 0 aromatic heterocycles. The predicted molar refractivity (Wildman–Crippen MR) is 72.0 cm³/mol. The van der Waals surface area contributed by atoms with Gasteiger partial charge in [0.05, 0.1) is 0 Å². The molecule has 0 aliphatic rings. The third-order valence-corrected chi connectivity index (χ3v) is 3.68. The van der Waals surface area contributed by atoms with E-state index in [0.717, 1.165) is 0 Å². The molecular weight excluding hydrogens is 284 g/mol. The SMILES string of the molecule is CCC(C)(C(=O)O)C(=O)O.CCC(CC)(C(=O)O)C(=O)O. The molecule has 0 aliphatic carbocycles. The van der Waals surface area contributed by atoms with E-state index in [4.69, 9.17) is 20.4 Å². The van der Waals surface area contributed by atoms with E-state index in [1.807, 2.05) is 0 Å². The van der Waals surface area contributed by atoms with E-state index in [1.54, 1.807) is 13.8 Å². The van der Waals surface area contributed by atoms with Gasteiger partial charge in [0.1, 0.15) is 0 Å². The van der Waals surface area contributed by atoms with Crippen LogP contribution in [0, 0.1) is 10.8 Å². The van der Waals surface area contributed by atoms with Gasteiger partial charge >= 0.3 is 23.9 Å². The summed E-state index contributed by atoms with van der Waals surface area (Å²) < 4.78 is 0. The van der Waals surface area contributed by atoms with Crippen LogP contribution in [0.5, 0.6) is 0 Å². The minimum Gasteiger partial charge on any atom is -0.480 e. The molecule has 0 amide bonds. The first-order chi connectivity index (χ1) is 9.46. The van der Waals surface area contributed by atoms with Gasteiger partial charge in [-0.2, -0.15) is 0 Å². The highest BCUT2D eigenvalue weighted by Crippen LogP contribution is 2.26. The number of carboxylic acid groups (broad SMARTS) is 4. The van der Waals surface area contributed by atoms with Crippen LogP contribution in [0.4, 0.5) is 0 Å². The standard InChI is InChI=1S/C7H12O4.C6H10O4/c1-3-7(4-2,5(8)9)6(10)11;1-3-6(2,4(7)8)5(9)10/h3-4H2,1-2H3,(H,8,9)(H,10,11);3H2,1-2H3,(H,7,8)(H,9,10). The summed E-state index contributed by atoms with van der Waals surface area (Å²) >= 11 is 0. The Bertz CT molecular complexity index is 378. The second-order valence-corrected chi connectivity index (χ2v) is 4.70. The Balaban J connectivity index is 0. The van der Waals surface area contributed by atoms with Crippen molar-refractivity contribution in [2.24, 2.45) is 10.8 Å². The van der Waals surface area contributed by atoms with Crippen molar-refractivity contribution in [3.05, 3.63) is 0 Å². The van der Waals surface area contributed by atoms with E-state index < -0.39 is 34.7 Å². The molecule has 0 saturated carbocycles. The van der Waals surface area contributed by atoms with Gasteiger partial charge < -0.3 is 20.4 Å². The molecule has 0 aromatic carbocycles. The van der Waals surface area contributed by atoms with Crippen molar-refractivity contribution < 1.29 is 39.6 Å². The van der Waals surface area contributed by atoms with Gasteiger partial charge in [0, 0.05) is 0 Å². The lowest BCUT2D eigenvalue weighted by atomic mass is 9.83. The maximum Gasteiger partial charge on any atom is 0.321 e. The predicted octanol–water partition coefficient (Wildman–Crippen LogP) is 1.53. The molecule has 0 bridgehead atoms. The maximum atomic E-state index is 10.5. The van der Waals surface area contributed by atoms with E-state index in [1.165, 1.54) is 13.8 Å². The molecule has 0 aromatic rings. The number of carbonyl (C=O) groups is 4. The molecule has 0 saturated heterocycles. The molecule has 0 unspecified atom stereocenters. The van der Waals surface area contributed by atoms with Gasteiger partial charge in [-0.15, -0.1) is 0 Å². The number of hydrogen-bond donors (Lipinski definition) is 4. The van der Waals surface area contributed by atoms with E-state index in [9.17, 15) is 19.2 Å². The van der Waals surface area contributed by atoms with Crippen LogP contribution in [0.2, 0.25) is 0 Å². The average Bonchev–Trinajstić information content (AvgIpc) is 2.39. The van der Waals surface area contributed by atoms with Gasteiger partial charge in [0.2, 0.25) is 0 Å². The Hall–Kier alpha value is -2.12. The lowest BCUT2D eigenvalue weighted by Crippen LogP contribution is -2.38. The molecule has 0 fully saturated rings. The lowest BCUT2D eigenvalue weighted by molar-refractivity contribution is -0.166. The summed E-state index contributed by atoms with van der Waals surface area (Å²) in [4.78, 5) is 41.7. The van der Waals surface area contributed by atoms with E-state index >= 15 is 0 Å². The highest BCUT2D eigenvalue weighted by Gasteiger charge is 2.42. The first kappa shape index (κ1) is 21.2. The van der Waals surface area contributed by atoms with Gasteiger partial charge in [-0.25, -0.2) is 0 Å². The van der Waals surface area contributed by atoms with Crippen molar-refractivity contribution in [1.29, 1.82) is 0 Å². The van der Waals surface area contributed by atoms with Crippen molar-refractivity contribution in [2.75, 3.05) is 0 Å². The van der Waals surface area contributed by atoms with Gasteiger partial charge in [-0.05, 0) is 26.2 Å². The van der Waals surface area contributed by atoms with Crippen LogP contribution < -0.4 is 0 Å². The quantitative estimate of drug-likeness (QED) is 0.517. The highest BCUT2D eigenvalue weighted by molar-refractivity contribution is 5.98. The van der Waals surface area contributed by atoms with Crippen molar-refractivity contribution in [3.63, 3.8) is 0 Å². The molecular formula is C13H22O8. The number of aliphatic carboxylic acids is 4. The second-order valence-electron chi connectivity index (χ2n) is 4.70. The summed E-state index contributed by atoms with van der Waals surface area (Å²) in [6.45, 7) is 5.84. The van der Waals surface area contributed by atoms with Gasteiger partial charge in [0.25, 0.3) is 0 Å². The molecule has 0 heterocycles. The molecule has 8 nitrogen and oxygen atoms in total. The third kappa shape index (κ3) is 4.73. The Morgan fingerprint density at radius 2 is 0.952 bits per heavy atom. The first-order valence-corrected chi connectivity index (χ1v) is 6.39. The van der Waals surface area contributed by atoms with Crippen molar-refractivity contribution in [3.8, 4) is 0 Å². The van der Waals surface area contributed by atoms with Crippen LogP contribution >= 0.6 is 0 Å². The van der Waals surface area contributed by atoms with Crippen molar-refractivity contribution in [1.82, 2.24) is 0 Å². The Morgan fingerprint density at radius 1 is 0.667 bits per heavy atom. The summed E-state index contributed by atoms with van der Waals surface area (Å²) in [6, 6.07) is 0. The van der Waals surface area contributed by atoms with Gasteiger partial charge in [0.15, 0.2) is 10.8 Å². The molecule has 0 spiro atoms. The molecule has 21 heavy (non-hydrogen) atoms. The molecule has 4 N–H and O–H groups in total. The fourth-order valence-corrected chi connectivity index (χ4v) is 1.34. The van der Waals surface area contributed by atoms with Gasteiger partial charge in [-0.1, -0.05) is 20.8 Å². The van der Waals surface area contributed by atoms with Crippen LogP contribution in [0.15, 0.2) is 0 Å². The minimum atomic E-state index is -1.62. The molecule has 0 aliphatic heterocycles. The van der Waals surface area contributed by atoms with E-state index in [0.29, 0.717) is 0 Å². The summed E-state index contributed by atoms with van der Waals surface area (Å²) in [5.41, 5.74) is -3.21. The Kier molecular flexibility index (Phi) is 8.30. The second kappa shape index (κ2) is 8.23. The smallest absolute Gasteiger partial charge is 0.321 e. The van der Waals surface area contributed by atoms with E-state index in [-0.39, 0.29) is 19.3 Å². The highest BCUT2D eigenvalue weighted by atomic mass is 16.4. The van der Waals surface area contributed by atoms with Crippen LogP contribution in [0.25, 0.3) is 0 Å². The topological polar surface area (TPSA) is 149 Å². The molecule has 122 valence electrons. The summed E-state index contributed by atoms with van der Waals surface area (Å²) in [6.07, 6.45) is 0.333. The zero-order valence-electron chi connectivity index (χ0n) is 12.5. The fraction of sp³-hybridized carbons (Fsp3) is 0.692. The third-order valence-electron chi connectivity index (χ3n) is 3.68. The Morgan fingerprint density at radius 3 is 0.952 bits per heavy atom. The fourth-order valence-electron chi connectivity index (χ4n) is 1.34. The minimum absolute atomic E-state index is 0.0949. The number of hydrogen-bond acceptors (Lipinski definition) is 4. The van der Waals surface area contributed by atoms with Crippen molar-refractivity contribution >= 4 is 23.9 Å². The van der Waals surface area contributed by atoms with Gasteiger partial charge in [-0.3, -0.25) is 19.2 Å². The number of carboxylic acids is 4. The summed E-state index contributed by atoms with van der Waals surface area (Å²) in [5, 5.41) is 34.1. The Labute approximate surface area is 122 Å². The molecule has 0 atom stereocenters. The van der Waals surface area contributed by atoms with Crippen LogP contribution in [0.3, 0.4) is 0 Å². The summed E-state index contributed by atoms with van der Waals surface area (Å²) in [5.74, 6) is -5.09. The maximum absolute atomic E-state index is 10.5. The average molecular weight is 306 g/mol. The molecule has 8 heteroatoms. The van der Waals surface area contributed by atoms with Crippen LogP contribution in [0.1, 0.15) is 47.0 Å². The van der Waals surface area contributed by atoms with Crippen LogP contribution in [-0.2, 0) is 19.2 Å². The first-order valence-electron chi connectivity index (χ1n) is 6.39. The van der Waals surface area contributed by atoms with Crippen LogP contribution in [-0.4, -0.2) is 44.3 Å². The normalized spacial score (nSPS) is 11.0. The lowest BCUT2D eigenvalue weighted by Gasteiger charge is -2.20.